The molecule has 1 aliphatic rings. The van der Waals surface area contributed by atoms with Crippen LogP contribution in [0.2, 0.25) is 0 Å². The number of hydrogen-bond donors (Lipinski definition) is 1. The molecule has 2 rings (SSSR count). The molecule has 0 radical (unpaired) electrons. The first-order chi connectivity index (χ1) is 6.79. The van der Waals surface area contributed by atoms with Gasteiger partial charge in [-0.2, -0.15) is 11.3 Å². The van der Waals surface area contributed by atoms with Crippen molar-refractivity contribution in [2.45, 2.75) is 18.9 Å². The third-order valence-corrected chi connectivity index (χ3v) is 3.31. The van der Waals surface area contributed by atoms with Crippen LogP contribution >= 0.6 is 11.3 Å². The van der Waals surface area contributed by atoms with E-state index in [-0.39, 0.29) is 11.9 Å². The zero-order valence-electron chi connectivity index (χ0n) is 8.19. The third-order valence-electron chi connectivity index (χ3n) is 2.64. The van der Waals surface area contributed by atoms with E-state index in [1.54, 1.807) is 11.3 Å². The zero-order chi connectivity index (χ0) is 9.97. The van der Waals surface area contributed by atoms with Gasteiger partial charge in [-0.25, -0.2) is 0 Å². The molecule has 1 saturated heterocycles. The van der Waals surface area contributed by atoms with Crippen LogP contribution < -0.4 is 10.2 Å². The predicted octanol–water partition coefficient (Wildman–Crippen LogP) is 1.46. The van der Waals surface area contributed by atoms with Crippen LogP contribution in [0.4, 0.5) is 5.69 Å². The molecule has 1 amide bonds. The summed E-state index contributed by atoms with van der Waals surface area (Å²) in [6.45, 7) is 0.826. The maximum atomic E-state index is 11.6. The fourth-order valence-corrected chi connectivity index (χ4v) is 2.44. The van der Waals surface area contributed by atoms with Crippen LogP contribution in [0.3, 0.4) is 0 Å². The first-order valence-electron chi connectivity index (χ1n) is 4.82. The SMILES string of the molecule is CN(c1ccsc1)[C@H]1CCCNC1=O. The van der Waals surface area contributed by atoms with Crippen molar-refractivity contribution >= 4 is 22.9 Å². The number of thiophene rings is 1. The van der Waals surface area contributed by atoms with Crippen molar-refractivity contribution in [1.82, 2.24) is 5.32 Å². The Balaban J connectivity index is 2.10. The van der Waals surface area contributed by atoms with E-state index < -0.39 is 0 Å². The molecule has 0 unspecified atom stereocenters. The molecular weight excluding hydrogens is 196 g/mol. The lowest BCUT2D eigenvalue weighted by atomic mass is 10.1. The van der Waals surface area contributed by atoms with Gasteiger partial charge in [-0.1, -0.05) is 0 Å². The highest BCUT2D eigenvalue weighted by Gasteiger charge is 2.26. The van der Waals surface area contributed by atoms with Crippen molar-refractivity contribution in [3.8, 4) is 0 Å². The van der Waals surface area contributed by atoms with Crippen LogP contribution in [0.25, 0.3) is 0 Å². The average Bonchev–Trinajstić information content (AvgIpc) is 2.70. The quantitative estimate of drug-likeness (QED) is 0.801. The summed E-state index contributed by atoms with van der Waals surface area (Å²) >= 11 is 1.66. The summed E-state index contributed by atoms with van der Waals surface area (Å²) in [4.78, 5) is 13.6. The van der Waals surface area contributed by atoms with E-state index in [2.05, 4.69) is 15.6 Å². The molecule has 0 saturated carbocycles. The molecule has 4 heteroatoms. The minimum Gasteiger partial charge on any atom is -0.362 e. The number of carbonyl (C=O) groups excluding carboxylic acids is 1. The van der Waals surface area contributed by atoms with Gasteiger partial charge in [0.1, 0.15) is 6.04 Å². The Kier molecular flexibility index (Phi) is 2.72. The number of rotatable bonds is 2. The van der Waals surface area contributed by atoms with Crippen molar-refractivity contribution in [2.24, 2.45) is 0 Å². The molecule has 1 atom stereocenters. The van der Waals surface area contributed by atoms with Crippen LogP contribution in [0.1, 0.15) is 12.8 Å². The first kappa shape index (κ1) is 9.52. The summed E-state index contributed by atoms with van der Waals surface area (Å²) in [5.41, 5.74) is 1.14. The van der Waals surface area contributed by atoms with Crippen LogP contribution in [0.15, 0.2) is 16.8 Å². The maximum absolute atomic E-state index is 11.6. The van der Waals surface area contributed by atoms with Crippen LogP contribution in [-0.2, 0) is 4.79 Å². The molecule has 0 aromatic carbocycles. The lowest BCUT2D eigenvalue weighted by molar-refractivity contribution is -0.123. The van der Waals surface area contributed by atoms with Crippen LogP contribution in [0, 0.1) is 0 Å². The van der Waals surface area contributed by atoms with E-state index >= 15 is 0 Å². The van der Waals surface area contributed by atoms with Gasteiger partial charge in [0.25, 0.3) is 0 Å². The van der Waals surface area contributed by atoms with Gasteiger partial charge < -0.3 is 10.2 Å². The molecule has 76 valence electrons. The Morgan fingerprint density at radius 3 is 3.14 bits per heavy atom. The molecule has 1 aliphatic heterocycles. The topological polar surface area (TPSA) is 32.3 Å². The lowest BCUT2D eigenvalue weighted by Crippen LogP contribution is -2.49. The maximum Gasteiger partial charge on any atom is 0.242 e. The van der Waals surface area contributed by atoms with Gasteiger partial charge >= 0.3 is 0 Å². The Morgan fingerprint density at radius 2 is 2.50 bits per heavy atom. The Morgan fingerprint density at radius 1 is 1.64 bits per heavy atom. The molecule has 1 aromatic heterocycles. The minimum absolute atomic E-state index is 0.0124. The number of nitrogens with one attached hydrogen (secondary N) is 1. The van der Waals surface area contributed by atoms with Crippen molar-refractivity contribution in [3.05, 3.63) is 16.8 Å². The van der Waals surface area contributed by atoms with Gasteiger partial charge in [0, 0.05) is 24.7 Å². The van der Waals surface area contributed by atoms with Gasteiger partial charge in [0.2, 0.25) is 5.91 Å². The second-order valence-corrected chi connectivity index (χ2v) is 4.32. The van der Waals surface area contributed by atoms with Crippen molar-refractivity contribution in [3.63, 3.8) is 0 Å². The Labute approximate surface area is 87.7 Å². The molecule has 1 fully saturated rings. The monoisotopic (exact) mass is 210 g/mol. The number of hydrogen-bond acceptors (Lipinski definition) is 3. The van der Waals surface area contributed by atoms with E-state index in [0.29, 0.717) is 0 Å². The number of piperidine rings is 1. The molecule has 0 spiro atoms. The predicted molar refractivity (Wildman–Crippen MR) is 58.8 cm³/mol. The molecule has 0 bridgehead atoms. The highest BCUT2D eigenvalue weighted by molar-refractivity contribution is 7.08. The highest BCUT2D eigenvalue weighted by atomic mass is 32.1. The summed E-state index contributed by atoms with van der Waals surface area (Å²) in [5, 5.41) is 7.00. The molecule has 14 heavy (non-hydrogen) atoms. The standard InChI is InChI=1S/C10H14N2OS/c1-12(8-4-6-14-7-8)9-3-2-5-11-10(9)13/h4,6-7,9H,2-3,5H2,1H3,(H,11,13)/t9-/m0/s1. The van der Waals surface area contributed by atoms with E-state index in [4.69, 9.17) is 0 Å². The van der Waals surface area contributed by atoms with Crippen LogP contribution in [-0.4, -0.2) is 25.5 Å². The summed E-state index contributed by atoms with van der Waals surface area (Å²) in [7, 11) is 1.98. The van der Waals surface area contributed by atoms with E-state index in [1.165, 1.54) is 0 Å². The number of carbonyl (C=O) groups is 1. The number of likely N-dealkylation sites (N-methyl/N-ethyl adjacent to an activating group) is 1. The molecule has 3 nitrogen and oxygen atoms in total. The van der Waals surface area contributed by atoms with E-state index in [9.17, 15) is 4.79 Å². The van der Waals surface area contributed by atoms with Crippen LogP contribution in [0.5, 0.6) is 0 Å². The summed E-state index contributed by atoms with van der Waals surface area (Å²) in [6, 6.07) is 2.06. The number of anilines is 1. The summed E-state index contributed by atoms with van der Waals surface area (Å²) in [6.07, 6.45) is 2.03. The Bertz CT molecular complexity index is 310. The summed E-state index contributed by atoms with van der Waals surface area (Å²) < 4.78 is 0. The van der Waals surface area contributed by atoms with Gasteiger partial charge in [0.05, 0.1) is 0 Å². The van der Waals surface area contributed by atoms with Crippen molar-refractivity contribution in [2.75, 3.05) is 18.5 Å². The second kappa shape index (κ2) is 4.00. The zero-order valence-corrected chi connectivity index (χ0v) is 9.01. The lowest BCUT2D eigenvalue weighted by Gasteiger charge is -2.31. The molecule has 1 N–H and O–H groups in total. The minimum atomic E-state index is 0.0124. The summed E-state index contributed by atoms with van der Waals surface area (Å²) in [5.74, 6) is 0.157. The van der Waals surface area contributed by atoms with Crippen molar-refractivity contribution in [1.29, 1.82) is 0 Å². The first-order valence-corrected chi connectivity index (χ1v) is 5.76. The largest absolute Gasteiger partial charge is 0.362 e. The van der Waals surface area contributed by atoms with Crippen molar-refractivity contribution < 1.29 is 4.79 Å². The highest BCUT2D eigenvalue weighted by Crippen LogP contribution is 2.21. The fraction of sp³-hybridized carbons (Fsp3) is 0.500. The molecule has 2 heterocycles. The van der Waals surface area contributed by atoms with Gasteiger partial charge in [-0.15, -0.1) is 0 Å². The van der Waals surface area contributed by atoms with Gasteiger partial charge in [0.15, 0.2) is 0 Å². The Hall–Kier alpha value is -1.03. The second-order valence-electron chi connectivity index (χ2n) is 3.54. The molecule has 1 aromatic rings. The number of amides is 1. The number of nitrogens with zero attached hydrogens (tertiary/aromatic N) is 1. The van der Waals surface area contributed by atoms with E-state index in [0.717, 1.165) is 25.1 Å². The van der Waals surface area contributed by atoms with Gasteiger partial charge in [-0.05, 0) is 24.3 Å². The van der Waals surface area contributed by atoms with E-state index in [1.807, 2.05) is 18.5 Å². The molecule has 0 aliphatic carbocycles. The smallest absolute Gasteiger partial charge is 0.242 e. The fourth-order valence-electron chi connectivity index (χ4n) is 1.76. The molecular formula is C10H14N2OS. The normalized spacial score (nSPS) is 21.8. The average molecular weight is 210 g/mol. The third kappa shape index (κ3) is 1.75. The van der Waals surface area contributed by atoms with Gasteiger partial charge in [-0.3, -0.25) is 4.79 Å².